The van der Waals surface area contributed by atoms with E-state index >= 15 is 0 Å². The topological polar surface area (TPSA) is 66.4 Å². The van der Waals surface area contributed by atoms with Crippen molar-refractivity contribution in [1.29, 1.82) is 0 Å². The van der Waals surface area contributed by atoms with Crippen LogP contribution in [-0.2, 0) is 16.0 Å². The number of benzene rings is 1. The molecule has 1 amide bonds. The maximum Gasteiger partial charge on any atom is 0.319 e. The summed E-state index contributed by atoms with van der Waals surface area (Å²) in [7, 11) is 0. The molecule has 1 aliphatic carbocycles. The molecule has 0 heterocycles. The van der Waals surface area contributed by atoms with E-state index in [0.29, 0.717) is 12.8 Å². The number of rotatable bonds is 6. The van der Waals surface area contributed by atoms with Crippen LogP contribution in [0.5, 0.6) is 0 Å². The Balaban J connectivity index is 1.81. The van der Waals surface area contributed by atoms with Gasteiger partial charge in [0.2, 0.25) is 5.91 Å². The summed E-state index contributed by atoms with van der Waals surface area (Å²) in [5, 5.41) is 11.9. The Morgan fingerprint density at radius 1 is 1.35 bits per heavy atom. The van der Waals surface area contributed by atoms with Gasteiger partial charge >= 0.3 is 5.97 Å². The van der Waals surface area contributed by atoms with Crippen LogP contribution in [-0.4, -0.2) is 23.0 Å². The molecule has 1 aliphatic rings. The van der Waals surface area contributed by atoms with E-state index in [9.17, 15) is 9.59 Å². The molecule has 1 aromatic rings. The number of carbonyl (C=O) groups excluding carboxylic acids is 1. The number of hydrogen-bond donors (Lipinski definition) is 2. The molecule has 2 rings (SSSR count). The number of aliphatic carboxylic acids is 1. The van der Waals surface area contributed by atoms with E-state index in [0.717, 1.165) is 17.3 Å². The quantitative estimate of drug-likeness (QED) is 0.783. The smallest absolute Gasteiger partial charge is 0.319 e. The second-order valence-electron chi connectivity index (χ2n) is 5.43. The van der Waals surface area contributed by atoms with Crippen molar-refractivity contribution in [3.05, 3.63) is 34.3 Å². The highest BCUT2D eigenvalue weighted by Crippen LogP contribution is 2.46. The van der Waals surface area contributed by atoms with Gasteiger partial charge in [-0.2, -0.15) is 0 Å². The Bertz CT molecular complexity index is 508. The number of amides is 1. The fourth-order valence-corrected chi connectivity index (χ4v) is 2.40. The number of hydrogen-bond acceptors (Lipinski definition) is 2. The minimum absolute atomic E-state index is 0.0250. The fraction of sp³-hybridized carbons (Fsp3) is 0.467. The lowest BCUT2D eigenvalue weighted by Gasteiger charge is -2.17. The maximum absolute atomic E-state index is 11.9. The summed E-state index contributed by atoms with van der Waals surface area (Å²) in [6, 6.07) is 8.03. The van der Waals surface area contributed by atoms with Gasteiger partial charge in [-0.05, 0) is 50.3 Å². The van der Waals surface area contributed by atoms with Gasteiger partial charge in [-0.15, -0.1) is 0 Å². The zero-order valence-corrected chi connectivity index (χ0v) is 12.9. The van der Waals surface area contributed by atoms with Gasteiger partial charge in [-0.1, -0.05) is 28.1 Å². The van der Waals surface area contributed by atoms with Crippen molar-refractivity contribution >= 4 is 27.8 Å². The average molecular weight is 340 g/mol. The first-order valence-electron chi connectivity index (χ1n) is 6.73. The summed E-state index contributed by atoms with van der Waals surface area (Å²) in [6.45, 7) is 1.91. The molecule has 1 atom stereocenters. The van der Waals surface area contributed by atoms with Crippen LogP contribution in [0.15, 0.2) is 28.7 Å². The van der Waals surface area contributed by atoms with Gasteiger partial charge in [-0.3, -0.25) is 9.59 Å². The predicted molar refractivity (Wildman–Crippen MR) is 79.4 cm³/mol. The molecule has 1 fully saturated rings. The molecule has 0 unspecified atom stereocenters. The third-order valence-electron chi connectivity index (χ3n) is 3.75. The zero-order valence-electron chi connectivity index (χ0n) is 11.4. The number of carbonyl (C=O) groups is 2. The second kappa shape index (κ2) is 5.95. The lowest BCUT2D eigenvalue weighted by atomic mass is 10.0. The third kappa shape index (κ3) is 3.39. The van der Waals surface area contributed by atoms with Crippen LogP contribution in [0.2, 0.25) is 0 Å². The van der Waals surface area contributed by atoms with Gasteiger partial charge in [0.05, 0.1) is 0 Å². The predicted octanol–water partition coefficient (Wildman–Crippen LogP) is 2.75. The first kappa shape index (κ1) is 15.0. The summed E-state index contributed by atoms with van der Waals surface area (Å²) in [4.78, 5) is 23.0. The molecular formula is C15H18BrNO3. The summed E-state index contributed by atoms with van der Waals surface area (Å²) in [5.41, 5.74) is 0.0555. The standard InChI is InChI=1S/C15H18BrNO3/c1-10(2-3-11-4-6-12(16)7-5-11)17-13(18)15(8-9-15)14(19)20/h4-7,10H,2-3,8-9H2,1H3,(H,17,18)(H,19,20)/t10-/m1/s1. The lowest BCUT2D eigenvalue weighted by Crippen LogP contribution is -2.41. The van der Waals surface area contributed by atoms with Crippen LogP contribution in [0.3, 0.4) is 0 Å². The molecule has 5 heteroatoms. The SMILES string of the molecule is C[C@H](CCc1ccc(Br)cc1)NC(=O)C1(C(=O)O)CC1. The van der Waals surface area contributed by atoms with E-state index in [-0.39, 0.29) is 11.9 Å². The molecule has 1 aromatic carbocycles. The zero-order chi connectivity index (χ0) is 14.8. The first-order valence-corrected chi connectivity index (χ1v) is 7.52. The highest BCUT2D eigenvalue weighted by atomic mass is 79.9. The number of nitrogens with one attached hydrogen (secondary N) is 1. The Hall–Kier alpha value is -1.36. The molecule has 108 valence electrons. The van der Waals surface area contributed by atoms with Crippen molar-refractivity contribution in [2.24, 2.45) is 5.41 Å². The van der Waals surface area contributed by atoms with Crippen molar-refractivity contribution < 1.29 is 14.7 Å². The van der Waals surface area contributed by atoms with Crippen molar-refractivity contribution in [2.75, 3.05) is 0 Å². The van der Waals surface area contributed by atoms with Gasteiger partial charge in [0.25, 0.3) is 0 Å². The number of carboxylic acid groups (broad SMARTS) is 1. The summed E-state index contributed by atoms with van der Waals surface area (Å²) in [5.74, 6) is -1.34. The molecule has 0 spiro atoms. The molecule has 0 aromatic heterocycles. The normalized spacial score (nSPS) is 17.3. The lowest BCUT2D eigenvalue weighted by molar-refractivity contribution is -0.149. The van der Waals surface area contributed by atoms with E-state index in [1.165, 1.54) is 5.56 Å². The number of carboxylic acids is 1. The van der Waals surface area contributed by atoms with Crippen LogP contribution in [0.4, 0.5) is 0 Å². The van der Waals surface area contributed by atoms with Crippen molar-refractivity contribution in [2.45, 2.75) is 38.6 Å². The van der Waals surface area contributed by atoms with Gasteiger partial charge in [-0.25, -0.2) is 0 Å². The van der Waals surface area contributed by atoms with E-state index < -0.39 is 11.4 Å². The molecule has 4 nitrogen and oxygen atoms in total. The largest absolute Gasteiger partial charge is 0.480 e. The van der Waals surface area contributed by atoms with Crippen LogP contribution in [0.1, 0.15) is 31.7 Å². The van der Waals surface area contributed by atoms with Crippen LogP contribution >= 0.6 is 15.9 Å². The van der Waals surface area contributed by atoms with E-state index in [1.54, 1.807) is 0 Å². The first-order chi connectivity index (χ1) is 9.44. The average Bonchev–Trinajstić information content (AvgIpc) is 3.19. The molecule has 0 aliphatic heterocycles. The van der Waals surface area contributed by atoms with E-state index in [1.807, 2.05) is 31.2 Å². The van der Waals surface area contributed by atoms with Gasteiger partial charge in [0.1, 0.15) is 5.41 Å². The van der Waals surface area contributed by atoms with Crippen molar-refractivity contribution in [1.82, 2.24) is 5.32 Å². The monoisotopic (exact) mass is 339 g/mol. The number of halogens is 1. The molecule has 2 N–H and O–H groups in total. The second-order valence-corrected chi connectivity index (χ2v) is 6.34. The maximum atomic E-state index is 11.9. The third-order valence-corrected chi connectivity index (χ3v) is 4.28. The molecule has 20 heavy (non-hydrogen) atoms. The summed E-state index contributed by atoms with van der Waals surface area (Å²) >= 11 is 3.39. The number of aryl methyl sites for hydroxylation is 1. The van der Waals surface area contributed by atoms with Crippen LogP contribution in [0.25, 0.3) is 0 Å². The van der Waals surface area contributed by atoms with Crippen LogP contribution in [0, 0.1) is 5.41 Å². The van der Waals surface area contributed by atoms with Gasteiger partial charge in [0.15, 0.2) is 0 Å². The Labute approximate surface area is 126 Å². The minimum Gasteiger partial charge on any atom is -0.480 e. The summed E-state index contributed by atoms with van der Waals surface area (Å²) in [6.07, 6.45) is 2.55. The summed E-state index contributed by atoms with van der Waals surface area (Å²) < 4.78 is 1.04. The fourth-order valence-electron chi connectivity index (χ4n) is 2.13. The highest BCUT2D eigenvalue weighted by molar-refractivity contribution is 9.10. The highest BCUT2D eigenvalue weighted by Gasteiger charge is 2.57. The van der Waals surface area contributed by atoms with Crippen molar-refractivity contribution in [3.63, 3.8) is 0 Å². The molecule has 0 radical (unpaired) electrons. The van der Waals surface area contributed by atoms with Gasteiger partial charge in [0, 0.05) is 10.5 Å². The van der Waals surface area contributed by atoms with Crippen molar-refractivity contribution in [3.8, 4) is 0 Å². The van der Waals surface area contributed by atoms with E-state index in [2.05, 4.69) is 21.2 Å². The van der Waals surface area contributed by atoms with E-state index in [4.69, 9.17) is 5.11 Å². The molecular weight excluding hydrogens is 322 g/mol. The Morgan fingerprint density at radius 3 is 2.45 bits per heavy atom. The van der Waals surface area contributed by atoms with Crippen LogP contribution < -0.4 is 5.32 Å². The Morgan fingerprint density at radius 2 is 1.95 bits per heavy atom. The minimum atomic E-state index is -1.15. The molecule has 0 bridgehead atoms. The molecule has 1 saturated carbocycles. The molecule has 0 saturated heterocycles. The van der Waals surface area contributed by atoms with Gasteiger partial charge < -0.3 is 10.4 Å². The Kier molecular flexibility index (Phi) is 4.48.